The molecule has 0 atom stereocenters. The monoisotopic (exact) mass is 552 g/mol. The van der Waals surface area contributed by atoms with E-state index in [1.54, 1.807) is 13.8 Å². The molecule has 39 heavy (non-hydrogen) atoms. The average Bonchev–Trinajstić information content (AvgIpc) is 3.45. The van der Waals surface area contributed by atoms with Crippen molar-refractivity contribution < 1.29 is 9.47 Å². The number of fused-ring (bicyclic) bond motifs is 1. The molecule has 0 aliphatic carbocycles. The van der Waals surface area contributed by atoms with Crippen LogP contribution in [0.1, 0.15) is 32.3 Å². The quantitative estimate of drug-likeness (QED) is 0.179. The molecule has 0 unspecified atom stereocenters. The number of aryl methyl sites for hydroxylation is 2. The molecular weight excluding hydrogens is 512 g/mol. The van der Waals surface area contributed by atoms with E-state index in [-0.39, 0.29) is 18.0 Å². The Kier molecular flexibility index (Phi) is 8.91. The largest absolute Gasteiger partial charge is 0.472 e. The summed E-state index contributed by atoms with van der Waals surface area (Å²) in [5.41, 5.74) is 1.76. The fourth-order valence-corrected chi connectivity index (χ4v) is 5.20. The molecule has 4 rings (SSSR count). The lowest BCUT2D eigenvalue weighted by atomic mass is 10.2. The lowest BCUT2D eigenvalue weighted by molar-refractivity contribution is 0.0906. The number of hydrogen-bond acceptors (Lipinski definition) is 6. The van der Waals surface area contributed by atoms with Crippen LogP contribution in [-0.4, -0.2) is 43.1 Å². The number of benzene rings is 1. The topological polar surface area (TPSA) is 98.1 Å². The van der Waals surface area contributed by atoms with Gasteiger partial charge in [0.25, 0.3) is 5.56 Å². The lowest BCUT2D eigenvalue weighted by Crippen LogP contribution is -2.40. The summed E-state index contributed by atoms with van der Waals surface area (Å²) in [5.74, 6) is 0.960. The van der Waals surface area contributed by atoms with Crippen molar-refractivity contribution in [3.8, 4) is 17.4 Å². The van der Waals surface area contributed by atoms with Gasteiger partial charge in [-0.3, -0.25) is 23.2 Å². The molecule has 0 bridgehead atoms. The number of aromatic nitrogens is 6. The molecule has 11 heteroatoms. The molecule has 3 heterocycles. The average molecular weight is 553 g/mol. The Morgan fingerprint density at radius 2 is 1.64 bits per heavy atom. The predicted octanol–water partition coefficient (Wildman–Crippen LogP) is 4.47. The first-order chi connectivity index (χ1) is 18.6. The van der Waals surface area contributed by atoms with E-state index in [4.69, 9.17) is 14.5 Å². The molecule has 0 amide bonds. The summed E-state index contributed by atoms with van der Waals surface area (Å²) in [6.07, 6.45) is 1.40. The van der Waals surface area contributed by atoms with Crippen LogP contribution in [0.4, 0.5) is 0 Å². The summed E-state index contributed by atoms with van der Waals surface area (Å²) in [6, 6.07) is 12.7. The minimum absolute atomic E-state index is 0.146. The van der Waals surface area contributed by atoms with Crippen molar-refractivity contribution in [3.63, 3.8) is 0 Å². The van der Waals surface area contributed by atoms with Crippen LogP contribution in [0.3, 0.4) is 0 Å². The SMILES string of the molecule is CCCn1c(=O)c2c(nc(-c3cc(OCc4ccccc4)nn3C)n2COCC[Si](C)(C)C)n(CCC)c1=O. The van der Waals surface area contributed by atoms with Gasteiger partial charge in [-0.15, -0.1) is 5.10 Å². The Hall–Kier alpha value is -3.44. The first-order valence-electron chi connectivity index (χ1n) is 13.7. The van der Waals surface area contributed by atoms with Crippen LogP contribution in [0.15, 0.2) is 46.0 Å². The van der Waals surface area contributed by atoms with E-state index in [9.17, 15) is 9.59 Å². The summed E-state index contributed by atoms with van der Waals surface area (Å²) in [6.45, 7) is 12.8. The zero-order valence-electron chi connectivity index (χ0n) is 23.9. The summed E-state index contributed by atoms with van der Waals surface area (Å²) >= 11 is 0. The second-order valence-electron chi connectivity index (χ2n) is 11.0. The maximum absolute atomic E-state index is 13.7. The predicted molar refractivity (Wildman–Crippen MR) is 156 cm³/mol. The van der Waals surface area contributed by atoms with Crippen molar-refractivity contribution in [2.75, 3.05) is 6.61 Å². The van der Waals surface area contributed by atoms with Crippen LogP contribution in [0.2, 0.25) is 25.7 Å². The van der Waals surface area contributed by atoms with Crippen LogP contribution >= 0.6 is 0 Å². The minimum atomic E-state index is -1.30. The molecule has 0 spiro atoms. The molecule has 10 nitrogen and oxygen atoms in total. The van der Waals surface area contributed by atoms with Crippen molar-refractivity contribution >= 4 is 19.2 Å². The van der Waals surface area contributed by atoms with E-state index in [0.717, 1.165) is 18.0 Å². The second kappa shape index (κ2) is 12.2. The molecule has 0 N–H and O–H groups in total. The summed E-state index contributed by atoms with van der Waals surface area (Å²) in [4.78, 5) is 31.9. The first kappa shape index (κ1) is 28.6. The van der Waals surface area contributed by atoms with Gasteiger partial charge in [0.05, 0.1) is 0 Å². The molecule has 0 fully saturated rings. The Balaban J connectivity index is 1.82. The van der Waals surface area contributed by atoms with Crippen molar-refractivity contribution in [2.45, 2.75) is 78.8 Å². The van der Waals surface area contributed by atoms with Crippen LogP contribution in [0.5, 0.6) is 5.88 Å². The summed E-state index contributed by atoms with van der Waals surface area (Å²) in [7, 11) is 0.512. The molecule has 3 aromatic heterocycles. The molecule has 0 radical (unpaired) electrons. The Morgan fingerprint density at radius 3 is 2.31 bits per heavy atom. The lowest BCUT2D eigenvalue weighted by Gasteiger charge is -2.16. The number of ether oxygens (including phenoxy) is 2. The summed E-state index contributed by atoms with van der Waals surface area (Å²) < 4.78 is 18.5. The first-order valence-corrected chi connectivity index (χ1v) is 17.4. The van der Waals surface area contributed by atoms with Crippen LogP contribution < -0.4 is 16.0 Å². The highest BCUT2D eigenvalue weighted by molar-refractivity contribution is 6.76. The Labute approximate surface area is 229 Å². The number of hydrogen-bond donors (Lipinski definition) is 0. The zero-order valence-corrected chi connectivity index (χ0v) is 24.9. The van der Waals surface area contributed by atoms with Gasteiger partial charge in [0.1, 0.15) is 19.0 Å². The highest BCUT2D eigenvalue weighted by Gasteiger charge is 2.24. The molecule has 0 saturated carbocycles. The van der Waals surface area contributed by atoms with Gasteiger partial charge < -0.3 is 9.47 Å². The second-order valence-corrected chi connectivity index (χ2v) is 16.7. The Morgan fingerprint density at radius 1 is 0.949 bits per heavy atom. The van der Waals surface area contributed by atoms with E-state index < -0.39 is 8.07 Å². The third kappa shape index (κ3) is 6.42. The maximum Gasteiger partial charge on any atom is 0.332 e. The smallest absolute Gasteiger partial charge is 0.332 e. The highest BCUT2D eigenvalue weighted by Crippen LogP contribution is 2.26. The van der Waals surface area contributed by atoms with Gasteiger partial charge in [0.2, 0.25) is 5.88 Å². The molecule has 0 saturated heterocycles. The van der Waals surface area contributed by atoms with Crippen molar-refractivity contribution in [1.29, 1.82) is 0 Å². The van der Waals surface area contributed by atoms with E-state index >= 15 is 0 Å². The van der Waals surface area contributed by atoms with Crippen molar-refractivity contribution in [2.24, 2.45) is 7.05 Å². The van der Waals surface area contributed by atoms with Gasteiger partial charge in [-0.25, -0.2) is 9.78 Å². The normalized spacial score (nSPS) is 11.9. The van der Waals surface area contributed by atoms with Gasteiger partial charge in [-0.05, 0) is 24.4 Å². The van der Waals surface area contributed by atoms with Gasteiger partial charge in [0, 0.05) is 40.9 Å². The van der Waals surface area contributed by atoms with E-state index in [1.807, 2.05) is 57.3 Å². The fourth-order valence-electron chi connectivity index (χ4n) is 4.44. The third-order valence-electron chi connectivity index (χ3n) is 6.54. The standard InChI is InChI=1S/C28H40N6O4Si/c1-7-14-32-26-24(27(35)33(15-8-2)28(32)36)34(20-37-16-17-39(4,5)6)25(29-26)22-18-23(30-31(22)3)38-19-21-12-10-9-11-13-21/h9-13,18H,7-8,14-17,19-20H2,1-6H3. The molecule has 4 aromatic rings. The minimum Gasteiger partial charge on any atom is -0.472 e. The van der Waals surface area contributed by atoms with Crippen LogP contribution in [0.25, 0.3) is 22.7 Å². The van der Waals surface area contributed by atoms with Gasteiger partial charge in [-0.2, -0.15) is 0 Å². The summed E-state index contributed by atoms with van der Waals surface area (Å²) in [5, 5.41) is 4.54. The van der Waals surface area contributed by atoms with Gasteiger partial charge in [0.15, 0.2) is 17.0 Å². The van der Waals surface area contributed by atoms with Crippen LogP contribution in [0, 0.1) is 0 Å². The highest BCUT2D eigenvalue weighted by atomic mass is 28.3. The zero-order chi connectivity index (χ0) is 28.2. The number of imidazole rings is 1. The third-order valence-corrected chi connectivity index (χ3v) is 8.25. The molecule has 1 aromatic carbocycles. The van der Waals surface area contributed by atoms with E-state index in [1.165, 1.54) is 4.57 Å². The maximum atomic E-state index is 13.7. The van der Waals surface area contributed by atoms with Crippen molar-refractivity contribution in [3.05, 3.63) is 62.8 Å². The van der Waals surface area contributed by atoms with Crippen LogP contribution in [-0.2, 0) is 38.2 Å². The molecule has 0 aliphatic heterocycles. The fraction of sp³-hybridized carbons (Fsp3) is 0.500. The molecule has 0 aliphatic rings. The Bertz CT molecular complexity index is 1530. The van der Waals surface area contributed by atoms with Gasteiger partial charge in [-0.1, -0.05) is 63.8 Å². The van der Waals surface area contributed by atoms with E-state index in [0.29, 0.717) is 61.3 Å². The molecule has 210 valence electrons. The number of rotatable bonds is 13. The number of nitrogens with zero attached hydrogens (tertiary/aromatic N) is 6. The van der Waals surface area contributed by atoms with E-state index in [2.05, 4.69) is 24.7 Å². The van der Waals surface area contributed by atoms with Gasteiger partial charge >= 0.3 is 5.69 Å². The van der Waals surface area contributed by atoms with Crippen molar-refractivity contribution in [1.82, 2.24) is 28.5 Å². The molecular formula is C28H40N6O4Si.